The van der Waals surface area contributed by atoms with E-state index in [2.05, 4.69) is 53.2 Å². The summed E-state index contributed by atoms with van der Waals surface area (Å²) in [5, 5.41) is 0. The summed E-state index contributed by atoms with van der Waals surface area (Å²) in [6.45, 7) is 5.68. The first kappa shape index (κ1) is 24.5. The Balaban J connectivity index is 0.00000576. The molecular formula is C23H42ClN. The van der Waals surface area contributed by atoms with E-state index in [9.17, 15) is 0 Å². The van der Waals surface area contributed by atoms with Crippen molar-refractivity contribution in [2.75, 3.05) is 21.1 Å². The number of halogens is 1. The lowest BCUT2D eigenvalue weighted by molar-refractivity contribution is -0.884. The molecule has 0 bridgehead atoms. The molecule has 0 heterocycles. The van der Waals surface area contributed by atoms with Gasteiger partial charge in [-0.05, 0) is 30.9 Å². The summed E-state index contributed by atoms with van der Waals surface area (Å²) in [5.41, 5.74) is 4.49. The maximum atomic E-state index is 2.42. The molecule has 0 saturated heterocycles. The molecule has 0 radical (unpaired) electrons. The molecule has 1 rings (SSSR count). The fraction of sp³-hybridized carbons (Fsp3) is 0.739. The van der Waals surface area contributed by atoms with Crippen LogP contribution in [0.15, 0.2) is 18.2 Å². The Morgan fingerprint density at radius 1 is 0.760 bits per heavy atom. The molecule has 0 amide bonds. The fourth-order valence-corrected chi connectivity index (χ4v) is 3.42. The lowest BCUT2D eigenvalue weighted by atomic mass is 9.99. The first-order valence-corrected chi connectivity index (χ1v) is 10.3. The number of rotatable bonds is 13. The van der Waals surface area contributed by atoms with Crippen LogP contribution in [0.2, 0.25) is 0 Å². The molecule has 1 nitrogen and oxygen atoms in total. The maximum absolute atomic E-state index is 2.42. The van der Waals surface area contributed by atoms with Crippen LogP contribution in [-0.2, 0) is 13.0 Å². The Labute approximate surface area is 164 Å². The molecule has 146 valence electrons. The van der Waals surface area contributed by atoms with E-state index in [0.29, 0.717) is 0 Å². The normalized spacial score (nSPS) is 11.4. The highest BCUT2D eigenvalue weighted by Gasteiger charge is 2.10. The van der Waals surface area contributed by atoms with Gasteiger partial charge in [-0.15, -0.1) is 0 Å². The summed E-state index contributed by atoms with van der Waals surface area (Å²) in [6.07, 6.45) is 15.4. The second-order valence-corrected chi connectivity index (χ2v) is 8.64. The van der Waals surface area contributed by atoms with E-state index in [0.717, 1.165) is 11.0 Å². The zero-order valence-electron chi connectivity index (χ0n) is 17.5. The Hall–Kier alpha value is -0.530. The van der Waals surface area contributed by atoms with Gasteiger partial charge in [0, 0.05) is 5.56 Å². The van der Waals surface area contributed by atoms with Gasteiger partial charge in [0.05, 0.1) is 21.1 Å². The predicted molar refractivity (Wildman–Crippen MR) is 108 cm³/mol. The monoisotopic (exact) mass is 367 g/mol. The number of benzene rings is 1. The van der Waals surface area contributed by atoms with E-state index in [1.54, 1.807) is 0 Å². The molecule has 25 heavy (non-hydrogen) atoms. The number of quaternary nitrogens is 1. The van der Waals surface area contributed by atoms with E-state index >= 15 is 0 Å². The number of unbranched alkanes of at least 4 members (excludes halogenated alkanes) is 9. The van der Waals surface area contributed by atoms with Crippen molar-refractivity contribution in [2.45, 2.75) is 91.0 Å². The average Bonchev–Trinajstić information content (AvgIpc) is 2.50. The molecule has 2 heteroatoms. The van der Waals surface area contributed by atoms with Gasteiger partial charge in [-0.2, -0.15) is 0 Å². The van der Waals surface area contributed by atoms with Crippen LogP contribution in [0.3, 0.4) is 0 Å². The minimum absolute atomic E-state index is 0. The minimum atomic E-state index is 0. The second-order valence-electron chi connectivity index (χ2n) is 8.64. The van der Waals surface area contributed by atoms with Gasteiger partial charge >= 0.3 is 0 Å². The van der Waals surface area contributed by atoms with Gasteiger partial charge in [0.15, 0.2) is 0 Å². The van der Waals surface area contributed by atoms with Crippen molar-refractivity contribution in [3.63, 3.8) is 0 Å². The summed E-state index contributed by atoms with van der Waals surface area (Å²) < 4.78 is 0.999. The highest BCUT2D eigenvalue weighted by Crippen LogP contribution is 2.17. The number of aryl methyl sites for hydroxylation is 2. The average molecular weight is 368 g/mol. The Morgan fingerprint density at radius 2 is 1.28 bits per heavy atom. The third-order valence-corrected chi connectivity index (χ3v) is 4.87. The van der Waals surface area contributed by atoms with Gasteiger partial charge in [-0.3, -0.25) is 0 Å². The van der Waals surface area contributed by atoms with E-state index in [1.807, 2.05) is 0 Å². The van der Waals surface area contributed by atoms with Gasteiger partial charge < -0.3 is 16.9 Å². The summed E-state index contributed by atoms with van der Waals surface area (Å²) in [7, 11) is 6.78. The second kappa shape index (κ2) is 13.6. The molecule has 0 fully saturated rings. The Bertz CT molecular complexity index is 448. The molecule has 0 atom stereocenters. The molecule has 1 aromatic rings. The predicted octanol–water partition coefficient (Wildman–Crippen LogP) is 3.67. The quantitative estimate of drug-likeness (QED) is 0.368. The number of hydrogen-bond donors (Lipinski definition) is 0. The molecule has 0 aliphatic carbocycles. The molecular weight excluding hydrogens is 326 g/mol. The van der Waals surface area contributed by atoms with E-state index in [-0.39, 0.29) is 12.4 Å². The molecule has 0 saturated carbocycles. The summed E-state index contributed by atoms with van der Waals surface area (Å²) in [4.78, 5) is 0. The zero-order chi connectivity index (χ0) is 17.8. The van der Waals surface area contributed by atoms with Crippen molar-refractivity contribution in [3.8, 4) is 0 Å². The molecule has 1 aromatic carbocycles. The fourth-order valence-electron chi connectivity index (χ4n) is 3.42. The smallest absolute Gasteiger partial charge is 0.104 e. The first-order valence-electron chi connectivity index (χ1n) is 10.3. The molecule has 0 spiro atoms. The van der Waals surface area contributed by atoms with E-state index in [1.165, 1.54) is 87.3 Å². The van der Waals surface area contributed by atoms with Crippen molar-refractivity contribution >= 4 is 0 Å². The highest BCUT2D eigenvalue weighted by atomic mass is 35.5. The van der Waals surface area contributed by atoms with Crippen LogP contribution >= 0.6 is 0 Å². The van der Waals surface area contributed by atoms with Crippen molar-refractivity contribution in [3.05, 3.63) is 34.9 Å². The number of nitrogens with zero attached hydrogens (tertiary/aromatic N) is 1. The molecule has 0 unspecified atom stereocenters. The van der Waals surface area contributed by atoms with Gasteiger partial charge in [0.1, 0.15) is 6.54 Å². The van der Waals surface area contributed by atoms with E-state index < -0.39 is 0 Å². The Morgan fingerprint density at radius 3 is 1.76 bits per heavy atom. The van der Waals surface area contributed by atoms with Crippen LogP contribution in [0, 0.1) is 6.92 Å². The molecule has 0 aliphatic heterocycles. The summed E-state index contributed by atoms with van der Waals surface area (Å²) in [5.74, 6) is 0. The van der Waals surface area contributed by atoms with Crippen LogP contribution in [0.25, 0.3) is 0 Å². The number of hydrogen-bond acceptors (Lipinski definition) is 0. The standard InChI is InChI=1S/C23H42N.ClH/c1-6-7-8-9-10-11-12-13-14-15-16-22-17-18-23(21(2)19-22)20-24(3,4)5;/h17-19H,6-16,20H2,1-5H3;1H/q+1;/p-1. The largest absolute Gasteiger partial charge is 1.00 e. The van der Waals surface area contributed by atoms with Gasteiger partial charge in [-0.25, -0.2) is 0 Å². The zero-order valence-corrected chi connectivity index (χ0v) is 18.3. The molecule has 0 aromatic heterocycles. The maximum Gasteiger partial charge on any atom is 0.104 e. The van der Waals surface area contributed by atoms with Gasteiger partial charge in [0.2, 0.25) is 0 Å². The highest BCUT2D eigenvalue weighted by molar-refractivity contribution is 5.30. The Kier molecular flexibility index (Phi) is 13.4. The van der Waals surface area contributed by atoms with Crippen LogP contribution in [0.4, 0.5) is 0 Å². The van der Waals surface area contributed by atoms with Crippen LogP contribution in [0.1, 0.15) is 87.8 Å². The molecule has 0 N–H and O–H groups in total. The van der Waals surface area contributed by atoms with Crippen molar-refractivity contribution in [2.24, 2.45) is 0 Å². The SMILES string of the molecule is CCCCCCCCCCCCc1ccc(C[N+](C)(C)C)c(C)c1.[Cl-]. The summed E-state index contributed by atoms with van der Waals surface area (Å²) in [6, 6.07) is 7.12. The van der Waals surface area contributed by atoms with E-state index in [4.69, 9.17) is 0 Å². The first-order chi connectivity index (χ1) is 11.4. The summed E-state index contributed by atoms with van der Waals surface area (Å²) >= 11 is 0. The topological polar surface area (TPSA) is 0 Å². The van der Waals surface area contributed by atoms with Crippen molar-refractivity contribution in [1.82, 2.24) is 0 Å². The van der Waals surface area contributed by atoms with Gasteiger partial charge in [0.25, 0.3) is 0 Å². The lowest BCUT2D eigenvalue weighted by Gasteiger charge is -2.25. The van der Waals surface area contributed by atoms with Gasteiger partial charge in [-0.1, -0.05) is 82.9 Å². The van der Waals surface area contributed by atoms with Crippen LogP contribution in [0.5, 0.6) is 0 Å². The van der Waals surface area contributed by atoms with Crippen LogP contribution in [-0.4, -0.2) is 25.6 Å². The van der Waals surface area contributed by atoms with Crippen molar-refractivity contribution < 1.29 is 16.9 Å². The minimum Gasteiger partial charge on any atom is -1.00 e. The third kappa shape index (κ3) is 12.5. The third-order valence-electron chi connectivity index (χ3n) is 4.87. The van der Waals surface area contributed by atoms with Crippen LogP contribution < -0.4 is 12.4 Å². The van der Waals surface area contributed by atoms with Crippen molar-refractivity contribution in [1.29, 1.82) is 0 Å². The lowest BCUT2D eigenvalue weighted by Crippen LogP contribution is -3.00. The molecule has 0 aliphatic rings.